The van der Waals surface area contributed by atoms with E-state index in [0.29, 0.717) is 34.5 Å². The fourth-order valence-corrected chi connectivity index (χ4v) is 4.72. The third-order valence-electron chi connectivity index (χ3n) is 6.23. The van der Waals surface area contributed by atoms with Crippen molar-refractivity contribution in [2.24, 2.45) is 0 Å². The number of carbonyl (C=O) groups excluding carboxylic acids is 1. The van der Waals surface area contributed by atoms with Crippen molar-refractivity contribution in [1.82, 2.24) is 8.75 Å². The predicted molar refractivity (Wildman–Crippen MR) is 150 cm³/mol. The molecule has 1 N–H and O–H groups in total. The summed E-state index contributed by atoms with van der Waals surface area (Å²) in [6, 6.07) is 26.7. The fourth-order valence-electron chi connectivity index (χ4n) is 4.20. The number of hydrogen-bond acceptors (Lipinski definition) is 8. The Morgan fingerprint density at radius 2 is 1.50 bits per heavy atom. The Bertz CT molecular complexity index is 1730. The van der Waals surface area contributed by atoms with Crippen LogP contribution in [0.1, 0.15) is 27.0 Å². The van der Waals surface area contributed by atoms with Crippen molar-refractivity contribution in [3.63, 3.8) is 0 Å². The number of nitrogens with zero attached hydrogens (tertiary/aromatic N) is 3. The van der Waals surface area contributed by atoms with Crippen LogP contribution in [0, 0.1) is 10.1 Å². The number of hydrogen-bond donors (Lipinski definition) is 1. The second-order valence-electron chi connectivity index (χ2n) is 8.85. The molecule has 0 amide bonds. The maximum atomic E-state index is 13.9. The smallest absolute Gasteiger partial charge is 0.336 e. The maximum Gasteiger partial charge on any atom is 0.336 e. The highest BCUT2D eigenvalue weighted by molar-refractivity contribution is 7.00. The number of benzene rings is 4. The van der Waals surface area contributed by atoms with Gasteiger partial charge in [-0.05, 0) is 53.1 Å². The van der Waals surface area contributed by atoms with E-state index < -0.39 is 16.7 Å². The van der Waals surface area contributed by atoms with E-state index in [1.54, 1.807) is 42.5 Å². The van der Waals surface area contributed by atoms with Crippen molar-refractivity contribution in [3.05, 3.63) is 135 Å². The average Bonchev–Trinajstić information content (AvgIpc) is 3.44. The minimum absolute atomic E-state index is 0.0295. The Labute approximate surface area is 232 Å². The Balaban J connectivity index is 1.52. The van der Waals surface area contributed by atoms with Crippen LogP contribution in [0.2, 0.25) is 0 Å². The van der Waals surface area contributed by atoms with Gasteiger partial charge in [0.2, 0.25) is 0 Å². The van der Waals surface area contributed by atoms with Gasteiger partial charge in [-0.3, -0.25) is 14.9 Å². The highest BCUT2D eigenvalue weighted by atomic mass is 32.1. The summed E-state index contributed by atoms with van der Waals surface area (Å²) >= 11 is 1.01. The van der Waals surface area contributed by atoms with Crippen LogP contribution in [0.4, 0.5) is 5.69 Å². The molecule has 1 aromatic heterocycles. The number of aromatic nitrogens is 2. The molecule has 0 bridgehead atoms. The van der Waals surface area contributed by atoms with Crippen molar-refractivity contribution in [1.29, 1.82) is 0 Å². The zero-order valence-electron chi connectivity index (χ0n) is 20.9. The topological polar surface area (TPSA) is 133 Å². The summed E-state index contributed by atoms with van der Waals surface area (Å²) in [6.07, 6.45) is -0.0575. The highest BCUT2D eigenvalue weighted by Gasteiger charge is 2.25. The first-order valence-corrected chi connectivity index (χ1v) is 12.9. The van der Waals surface area contributed by atoms with Crippen molar-refractivity contribution >= 4 is 45.8 Å². The molecule has 0 unspecified atom stereocenters. The van der Waals surface area contributed by atoms with Crippen LogP contribution in [0.25, 0.3) is 16.6 Å². The molecule has 40 heavy (non-hydrogen) atoms. The number of aliphatic carboxylic acids is 1. The first kappa shape index (κ1) is 26.4. The lowest BCUT2D eigenvalue weighted by molar-refractivity contribution is -0.384. The van der Waals surface area contributed by atoms with Crippen molar-refractivity contribution < 1.29 is 24.4 Å². The Morgan fingerprint density at radius 1 is 0.825 bits per heavy atom. The van der Waals surface area contributed by atoms with E-state index in [2.05, 4.69) is 8.75 Å². The summed E-state index contributed by atoms with van der Waals surface area (Å²) in [6.45, 7) is 0.358. The third-order valence-corrected chi connectivity index (χ3v) is 6.78. The lowest BCUT2D eigenvalue weighted by Crippen LogP contribution is -2.14. The number of non-ortho nitro benzene ring substituents is 1. The zero-order valence-corrected chi connectivity index (χ0v) is 21.7. The molecule has 0 aliphatic heterocycles. The number of carboxylic acids is 1. The number of nitro benzene ring substituents is 1. The molecule has 0 atom stereocenters. The normalized spacial score (nSPS) is 11.6. The van der Waals surface area contributed by atoms with Gasteiger partial charge in [0.05, 0.1) is 22.2 Å². The predicted octanol–water partition coefficient (Wildman–Crippen LogP) is 6.14. The molecule has 5 aromatic rings. The van der Waals surface area contributed by atoms with Crippen LogP contribution in [-0.2, 0) is 17.8 Å². The van der Waals surface area contributed by atoms with Crippen molar-refractivity contribution in [3.8, 4) is 5.75 Å². The number of allylic oxidation sites excluding steroid dienone is 1. The van der Waals surface area contributed by atoms with Gasteiger partial charge >= 0.3 is 5.97 Å². The minimum atomic E-state index is -1.28. The second kappa shape index (κ2) is 11.7. The average molecular weight is 552 g/mol. The van der Waals surface area contributed by atoms with Crippen LogP contribution in [-0.4, -0.2) is 30.5 Å². The summed E-state index contributed by atoms with van der Waals surface area (Å²) in [7, 11) is 0. The van der Waals surface area contributed by atoms with E-state index in [0.717, 1.165) is 17.3 Å². The molecule has 4 aromatic carbocycles. The summed E-state index contributed by atoms with van der Waals surface area (Å²) in [5, 5.41) is 21.4. The molecule has 198 valence electrons. The molecule has 9 nitrogen and oxygen atoms in total. The van der Waals surface area contributed by atoms with Gasteiger partial charge in [0, 0.05) is 29.7 Å². The third kappa shape index (κ3) is 5.92. The summed E-state index contributed by atoms with van der Waals surface area (Å²) in [4.78, 5) is 37.0. The molecular formula is C30H21N3O6S. The van der Waals surface area contributed by atoms with E-state index in [1.165, 1.54) is 24.3 Å². The Kier molecular flexibility index (Phi) is 7.70. The zero-order chi connectivity index (χ0) is 28.1. The van der Waals surface area contributed by atoms with Crippen LogP contribution in [0.3, 0.4) is 0 Å². The van der Waals surface area contributed by atoms with Crippen LogP contribution >= 0.6 is 11.7 Å². The van der Waals surface area contributed by atoms with Gasteiger partial charge in [-0.1, -0.05) is 48.5 Å². The number of carboxylic acid groups (broad SMARTS) is 1. The monoisotopic (exact) mass is 551 g/mol. The minimum Gasteiger partial charge on any atom is -0.489 e. The number of fused-ring (bicyclic) bond motifs is 1. The fraction of sp³-hybridized carbons (Fsp3) is 0.0667. The lowest BCUT2D eigenvalue weighted by atomic mass is 9.89. The molecule has 1 heterocycles. The first-order valence-electron chi connectivity index (χ1n) is 12.1. The van der Waals surface area contributed by atoms with E-state index >= 15 is 0 Å². The Hall–Kier alpha value is -5.22. The number of ether oxygens (including phenoxy) is 1. The lowest BCUT2D eigenvalue weighted by Gasteiger charge is -2.14. The summed E-state index contributed by atoms with van der Waals surface area (Å²) in [5.74, 6) is -1.21. The van der Waals surface area contributed by atoms with E-state index in [-0.39, 0.29) is 28.8 Å². The van der Waals surface area contributed by atoms with Gasteiger partial charge in [0.15, 0.2) is 5.78 Å². The van der Waals surface area contributed by atoms with Gasteiger partial charge in [-0.25, -0.2) is 4.79 Å². The van der Waals surface area contributed by atoms with E-state index in [1.807, 2.05) is 30.3 Å². The van der Waals surface area contributed by atoms with Crippen LogP contribution < -0.4 is 4.74 Å². The molecule has 0 aliphatic rings. The van der Waals surface area contributed by atoms with Gasteiger partial charge in [0.1, 0.15) is 23.4 Å². The molecule has 0 spiro atoms. The number of Topliss-reactive ketones (excluding diaryl/α,β-unsaturated/α-hetero) is 1. The largest absolute Gasteiger partial charge is 0.489 e. The van der Waals surface area contributed by atoms with Gasteiger partial charge in [0.25, 0.3) is 5.69 Å². The maximum absolute atomic E-state index is 13.9. The molecular weight excluding hydrogens is 530 g/mol. The Morgan fingerprint density at radius 3 is 2.17 bits per heavy atom. The first-order chi connectivity index (χ1) is 19.4. The molecule has 0 radical (unpaired) electrons. The quantitative estimate of drug-likeness (QED) is 0.0947. The van der Waals surface area contributed by atoms with Crippen LogP contribution in [0.15, 0.2) is 103 Å². The molecule has 10 heteroatoms. The molecule has 0 saturated carbocycles. The standard InChI is InChI=1S/C30H21N3O6S/c34-29(21-8-13-24(14-9-21)39-18-20-4-2-1-3-5-20)25(16-19-6-11-23(12-7-19)33(37)38)28(30(35)36)22-10-15-26-27(17-22)32-40-31-26/h1-15,17H,16,18H2,(H,35,36)/b28-25+. The van der Waals surface area contributed by atoms with E-state index in [9.17, 15) is 24.8 Å². The summed E-state index contributed by atoms with van der Waals surface area (Å²) in [5.41, 5.74) is 3.01. The SMILES string of the molecule is O=C(O)/C(=C(\Cc1ccc([N+](=O)[O-])cc1)C(=O)c1ccc(OCc2ccccc2)cc1)c1ccc2nsnc2c1. The van der Waals surface area contributed by atoms with Crippen molar-refractivity contribution in [2.75, 3.05) is 0 Å². The second-order valence-corrected chi connectivity index (χ2v) is 9.38. The number of carbonyl (C=O) groups is 2. The molecule has 0 saturated heterocycles. The number of ketones is 1. The molecule has 0 aliphatic carbocycles. The molecule has 0 fully saturated rings. The van der Waals surface area contributed by atoms with Crippen LogP contribution in [0.5, 0.6) is 5.75 Å². The number of rotatable bonds is 10. The summed E-state index contributed by atoms with van der Waals surface area (Å²) < 4.78 is 14.2. The van der Waals surface area contributed by atoms with Crippen molar-refractivity contribution in [2.45, 2.75) is 13.0 Å². The highest BCUT2D eigenvalue weighted by Crippen LogP contribution is 2.29. The van der Waals surface area contributed by atoms with Gasteiger partial charge in [-0.2, -0.15) is 8.75 Å². The molecule has 5 rings (SSSR count). The van der Waals surface area contributed by atoms with Gasteiger partial charge in [-0.15, -0.1) is 0 Å². The van der Waals surface area contributed by atoms with E-state index in [4.69, 9.17) is 4.74 Å². The number of nitro groups is 1. The van der Waals surface area contributed by atoms with Gasteiger partial charge < -0.3 is 9.84 Å².